The van der Waals surface area contributed by atoms with Gasteiger partial charge in [-0.2, -0.15) is 0 Å². The summed E-state index contributed by atoms with van der Waals surface area (Å²) in [6.45, 7) is 3.78. The maximum absolute atomic E-state index is 10.8. The summed E-state index contributed by atoms with van der Waals surface area (Å²) in [5.74, 6) is -0.869. The second-order valence-corrected chi connectivity index (χ2v) is 3.59. The van der Waals surface area contributed by atoms with Crippen LogP contribution in [-0.4, -0.2) is 37.3 Å². The summed E-state index contributed by atoms with van der Waals surface area (Å²) in [5, 5.41) is 12.1. The van der Waals surface area contributed by atoms with Crippen molar-refractivity contribution in [3.8, 4) is 0 Å². The van der Waals surface area contributed by atoms with Crippen molar-refractivity contribution in [3.05, 3.63) is 29.8 Å². The van der Waals surface area contributed by atoms with Crippen LogP contribution in [0, 0.1) is 0 Å². The van der Waals surface area contributed by atoms with E-state index >= 15 is 0 Å². The van der Waals surface area contributed by atoms with Gasteiger partial charge < -0.3 is 15.3 Å². The van der Waals surface area contributed by atoms with Crippen LogP contribution in [0.5, 0.6) is 0 Å². The zero-order valence-electron chi connectivity index (χ0n) is 8.85. The smallest absolute Gasteiger partial charge is 0.335 e. The predicted molar refractivity (Wildman–Crippen MR) is 65.7 cm³/mol. The number of hydrogen-bond acceptors (Lipinski definition) is 3. The molecule has 1 aromatic rings. The van der Waals surface area contributed by atoms with Crippen molar-refractivity contribution >= 4 is 24.1 Å². The number of rotatable bonds is 2. The highest BCUT2D eigenvalue weighted by atomic mass is 35.5. The number of benzene rings is 1. The molecule has 16 heavy (non-hydrogen) atoms. The Balaban J connectivity index is 0.00000128. The van der Waals surface area contributed by atoms with E-state index in [1.54, 1.807) is 18.2 Å². The summed E-state index contributed by atoms with van der Waals surface area (Å²) in [4.78, 5) is 13.0. The van der Waals surface area contributed by atoms with Gasteiger partial charge in [0.15, 0.2) is 0 Å². The zero-order chi connectivity index (χ0) is 10.7. The van der Waals surface area contributed by atoms with Crippen molar-refractivity contribution in [2.75, 3.05) is 31.1 Å². The predicted octanol–water partition coefficient (Wildman–Crippen LogP) is 1.22. The largest absolute Gasteiger partial charge is 0.478 e. The SMILES string of the molecule is Cl.O=C(O)c1cccc(N2CCNCC2)c1. The summed E-state index contributed by atoms with van der Waals surface area (Å²) in [6.07, 6.45) is 0. The molecule has 4 nitrogen and oxygen atoms in total. The topological polar surface area (TPSA) is 52.6 Å². The Morgan fingerprint density at radius 1 is 1.31 bits per heavy atom. The molecule has 0 unspecified atom stereocenters. The first-order valence-electron chi connectivity index (χ1n) is 5.06. The molecule has 1 aromatic carbocycles. The molecule has 0 bridgehead atoms. The van der Waals surface area contributed by atoms with E-state index in [2.05, 4.69) is 10.2 Å². The van der Waals surface area contributed by atoms with Crippen LogP contribution < -0.4 is 10.2 Å². The number of nitrogens with zero attached hydrogens (tertiary/aromatic N) is 1. The molecule has 0 amide bonds. The monoisotopic (exact) mass is 242 g/mol. The Bertz CT molecular complexity index is 365. The lowest BCUT2D eigenvalue weighted by atomic mass is 10.2. The fourth-order valence-corrected chi connectivity index (χ4v) is 1.76. The summed E-state index contributed by atoms with van der Waals surface area (Å²) >= 11 is 0. The number of anilines is 1. The molecule has 1 saturated heterocycles. The van der Waals surface area contributed by atoms with Crippen molar-refractivity contribution in [2.24, 2.45) is 0 Å². The highest BCUT2D eigenvalue weighted by Crippen LogP contribution is 2.16. The first kappa shape index (κ1) is 12.8. The van der Waals surface area contributed by atoms with Crippen LogP contribution in [0.4, 0.5) is 5.69 Å². The highest BCUT2D eigenvalue weighted by Gasteiger charge is 2.11. The minimum atomic E-state index is -0.869. The van der Waals surface area contributed by atoms with Gasteiger partial charge in [-0.1, -0.05) is 6.07 Å². The maximum atomic E-state index is 10.8. The molecule has 2 rings (SSSR count). The Kier molecular flexibility index (Phi) is 4.58. The van der Waals surface area contributed by atoms with Crippen molar-refractivity contribution in [1.29, 1.82) is 0 Å². The van der Waals surface area contributed by atoms with Crippen molar-refractivity contribution in [1.82, 2.24) is 5.32 Å². The number of halogens is 1. The number of hydrogen-bond donors (Lipinski definition) is 2. The van der Waals surface area contributed by atoms with Crippen molar-refractivity contribution in [2.45, 2.75) is 0 Å². The molecule has 1 aliphatic rings. The Hall–Kier alpha value is -1.26. The molecule has 0 radical (unpaired) electrons. The molecule has 5 heteroatoms. The number of nitrogens with one attached hydrogen (secondary N) is 1. The zero-order valence-corrected chi connectivity index (χ0v) is 9.67. The minimum absolute atomic E-state index is 0. The van der Waals surface area contributed by atoms with Gasteiger partial charge in [-0.25, -0.2) is 4.79 Å². The van der Waals surface area contributed by atoms with Gasteiger partial charge in [0.25, 0.3) is 0 Å². The van der Waals surface area contributed by atoms with Gasteiger partial charge in [0.05, 0.1) is 5.56 Å². The first-order valence-corrected chi connectivity index (χ1v) is 5.06. The van der Waals surface area contributed by atoms with Gasteiger partial charge in [0.1, 0.15) is 0 Å². The molecule has 88 valence electrons. The molecule has 0 aliphatic carbocycles. The normalized spacial score (nSPS) is 15.4. The summed E-state index contributed by atoms with van der Waals surface area (Å²) < 4.78 is 0. The Labute approximate surface area is 101 Å². The quantitative estimate of drug-likeness (QED) is 0.819. The van der Waals surface area contributed by atoms with E-state index in [-0.39, 0.29) is 12.4 Å². The molecule has 0 spiro atoms. The molecular formula is C11H15ClN2O2. The molecule has 0 atom stereocenters. The van der Waals surface area contributed by atoms with E-state index in [0.29, 0.717) is 5.56 Å². The van der Waals surface area contributed by atoms with Crippen molar-refractivity contribution < 1.29 is 9.90 Å². The van der Waals surface area contributed by atoms with Gasteiger partial charge in [-0.3, -0.25) is 0 Å². The standard InChI is InChI=1S/C11H14N2O2.ClH/c14-11(15)9-2-1-3-10(8-9)13-6-4-12-5-7-13;/h1-3,8,12H,4-7H2,(H,14,15);1H. The number of carbonyl (C=O) groups is 1. The van der Waals surface area contributed by atoms with Crippen LogP contribution in [-0.2, 0) is 0 Å². The lowest BCUT2D eigenvalue weighted by molar-refractivity contribution is 0.0697. The maximum Gasteiger partial charge on any atom is 0.335 e. The number of carboxylic acid groups (broad SMARTS) is 1. The van der Waals surface area contributed by atoms with Crippen LogP contribution in [0.25, 0.3) is 0 Å². The average molecular weight is 243 g/mol. The van der Waals surface area contributed by atoms with Crippen LogP contribution in [0.15, 0.2) is 24.3 Å². The molecule has 1 fully saturated rings. The van der Waals surface area contributed by atoms with E-state index in [9.17, 15) is 4.79 Å². The average Bonchev–Trinajstić information content (AvgIpc) is 2.30. The lowest BCUT2D eigenvalue weighted by Crippen LogP contribution is -2.43. The molecule has 2 N–H and O–H groups in total. The number of aromatic carboxylic acids is 1. The van der Waals surface area contributed by atoms with Gasteiger partial charge in [-0.05, 0) is 18.2 Å². The van der Waals surface area contributed by atoms with Gasteiger partial charge in [-0.15, -0.1) is 12.4 Å². The molecule has 1 heterocycles. The molecular weight excluding hydrogens is 228 g/mol. The fourth-order valence-electron chi connectivity index (χ4n) is 1.76. The number of piperazine rings is 1. The van der Waals surface area contributed by atoms with Crippen molar-refractivity contribution in [3.63, 3.8) is 0 Å². The van der Waals surface area contributed by atoms with E-state index in [1.807, 2.05) is 6.07 Å². The number of carboxylic acids is 1. The Morgan fingerprint density at radius 3 is 2.62 bits per heavy atom. The third kappa shape index (κ3) is 2.87. The second-order valence-electron chi connectivity index (χ2n) is 3.59. The fraction of sp³-hybridized carbons (Fsp3) is 0.364. The summed E-state index contributed by atoms with van der Waals surface area (Å²) in [7, 11) is 0. The summed E-state index contributed by atoms with van der Waals surface area (Å²) in [6, 6.07) is 7.10. The summed E-state index contributed by atoms with van der Waals surface area (Å²) in [5.41, 5.74) is 1.35. The Morgan fingerprint density at radius 2 is 2.00 bits per heavy atom. The molecule has 1 aliphatic heterocycles. The third-order valence-electron chi connectivity index (χ3n) is 2.58. The lowest BCUT2D eigenvalue weighted by Gasteiger charge is -2.29. The molecule has 0 saturated carbocycles. The first-order chi connectivity index (χ1) is 7.27. The van der Waals surface area contributed by atoms with Crippen LogP contribution in [0.2, 0.25) is 0 Å². The van der Waals surface area contributed by atoms with Crippen LogP contribution in [0.1, 0.15) is 10.4 Å². The van der Waals surface area contributed by atoms with Gasteiger partial charge in [0, 0.05) is 31.9 Å². The van der Waals surface area contributed by atoms with E-state index in [0.717, 1.165) is 31.9 Å². The second kappa shape index (κ2) is 5.72. The minimum Gasteiger partial charge on any atom is -0.478 e. The van der Waals surface area contributed by atoms with Crippen LogP contribution >= 0.6 is 12.4 Å². The van der Waals surface area contributed by atoms with Gasteiger partial charge >= 0.3 is 5.97 Å². The van der Waals surface area contributed by atoms with Crippen LogP contribution in [0.3, 0.4) is 0 Å². The third-order valence-corrected chi connectivity index (χ3v) is 2.58. The van der Waals surface area contributed by atoms with E-state index in [4.69, 9.17) is 5.11 Å². The highest BCUT2D eigenvalue weighted by molar-refractivity contribution is 5.88. The van der Waals surface area contributed by atoms with E-state index in [1.165, 1.54) is 0 Å². The molecule has 0 aromatic heterocycles. The van der Waals surface area contributed by atoms with E-state index < -0.39 is 5.97 Å². The van der Waals surface area contributed by atoms with Gasteiger partial charge in [0.2, 0.25) is 0 Å².